The molecule has 0 aromatic heterocycles. The number of rotatable bonds is 3. The van der Waals surface area contributed by atoms with Crippen LogP contribution < -0.4 is 0 Å². The van der Waals surface area contributed by atoms with E-state index in [1.807, 2.05) is 79.7 Å². The van der Waals surface area contributed by atoms with Gasteiger partial charge in [0.05, 0.1) is 23.3 Å². The van der Waals surface area contributed by atoms with Gasteiger partial charge in [-0.15, -0.1) is 0 Å². The van der Waals surface area contributed by atoms with Gasteiger partial charge in [0.1, 0.15) is 6.29 Å². The van der Waals surface area contributed by atoms with Gasteiger partial charge in [-0.25, -0.2) is 0 Å². The van der Waals surface area contributed by atoms with Crippen LogP contribution in [0.4, 0.5) is 0 Å². The van der Waals surface area contributed by atoms with Crippen molar-refractivity contribution in [2.24, 2.45) is 0 Å². The van der Waals surface area contributed by atoms with Crippen molar-refractivity contribution in [1.29, 1.82) is 10.5 Å². The Morgan fingerprint density at radius 2 is 1.10 bits per heavy atom. The van der Waals surface area contributed by atoms with Gasteiger partial charge < -0.3 is 0 Å². The molecule has 0 aliphatic heterocycles. The third-order valence-electron chi connectivity index (χ3n) is 3.69. The van der Waals surface area contributed by atoms with Crippen LogP contribution in [0.25, 0.3) is 0 Å². The van der Waals surface area contributed by atoms with Gasteiger partial charge in [-0.2, -0.15) is 10.5 Å². The van der Waals surface area contributed by atoms with Crippen molar-refractivity contribution in [3.63, 3.8) is 0 Å². The lowest BCUT2D eigenvalue weighted by atomic mass is 10.2. The second-order valence-corrected chi connectivity index (χ2v) is 7.03. The third-order valence-corrected chi connectivity index (χ3v) is 4.98. The Morgan fingerprint density at radius 1 is 0.724 bits per heavy atom. The number of aryl methyl sites for hydroxylation is 1. The van der Waals surface area contributed by atoms with Crippen molar-refractivity contribution in [3.8, 4) is 12.1 Å². The van der Waals surface area contributed by atoms with Crippen molar-refractivity contribution >= 4 is 38.1 Å². The van der Waals surface area contributed by atoms with Crippen LogP contribution in [0, 0.1) is 29.6 Å². The molecule has 0 saturated heterocycles. The summed E-state index contributed by atoms with van der Waals surface area (Å²) in [4.78, 5) is 10.2. The lowest BCUT2D eigenvalue weighted by Gasteiger charge is -1.92. The fraction of sp³-hybridized carbons (Fsp3) is 0.125. The minimum absolute atomic E-state index is 0.713. The first-order chi connectivity index (χ1) is 14.1. The molecule has 3 aromatic carbocycles. The van der Waals surface area contributed by atoms with Crippen molar-refractivity contribution in [3.05, 3.63) is 106 Å². The monoisotopic (exact) mass is 510 g/mol. The lowest BCUT2D eigenvalue weighted by molar-refractivity contribution is 0.112. The zero-order chi connectivity index (χ0) is 21.5. The molecule has 0 N–H and O–H groups in total. The van der Waals surface area contributed by atoms with Crippen molar-refractivity contribution < 1.29 is 4.79 Å². The van der Waals surface area contributed by atoms with E-state index in [0.29, 0.717) is 5.56 Å². The molecule has 0 bridgehead atoms. The molecule has 0 saturated carbocycles. The summed E-state index contributed by atoms with van der Waals surface area (Å²) in [5.41, 5.74) is 5.73. The smallest absolute Gasteiger partial charge is 0.150 e. The first-order valence-electron chi connectivity index (χ1n) is 8.68. The second kappa shape index (κ2) is 14.3. The van der Waals surface area contributed by atoms with E-state index in [1.165, 1.54) is 16.7 Å². The number of aldehydes is 1. The maximum Gasteiger partial charge on any atom is 0.150 e. The first kappa shape index (κ1) is 24.3. The van der Waals surface area contributed by atoms with E-state index in [0.717, 1.165) is 28.1 Å². The minimum atomic E-state index is 0.713. The molecule has 0 fully saturated rings. The molecule has 3 aromatic rings. The number of benzene rings is 3. The van der Waals surface area contributed by atoms with Crippen molar-refractivity contribution in [1.82, 2.24) is 0 Å². The molecule has 0 aliphatic carbocycles. The zero-order valence-corrected chi connectivity index (χ0v) is 19.2. The van der Waals surface area contributed by atoms with Gasteiger partial charge in [0.2, 0.25) is 0 Å². The highest BCUT2D eigenvalue weighted by atomic mass is 79.9. The van der Waals surface area contributed by atoms with Crippen molar-refractivity contribution in [2.75, 3.05) is 0 Å². The van der Waals surface area contributed by atoms with Crippen LogP contribution in [-0.4, -0.2) is 6.29 Å². The predicted molar refractivity (Wildman–Crippen MR) is 124 cm³/mol. The Morgan fingerprint density at radius 3 is 1.45 bits per heavy atom. The van der Waals surface area contributed by atoms with Crippen LogP contribution in [0.15, 0.2) is 72.8 Å². The Kier molecular flexibility index (Phi) is 12.0. The summed E-state index contributed by atoms with van der Waals surface area (Å²) < 4.78 is 0. The summed E-state index contributed by atoms with van der Waals surface area (Å²) in [6.07, 6.45) is 0.845. The molecule has 0 spiro atoms. The van der Waals surface area contributed by atoms with Crippen LogP contribution in [0.1, 0.15) is 38.2 Å². The van der Waals surface area contributed by atoms with E-state index < -0.39 is 0 Å². The minimum Gasteiger partial charge on any atom is -0.298 e. The van der Waals surface area contributed by atoms with Gasteiger partial charge in [-0.05, 0) is 42.3 Å². The topological polar surface area (TPSA) is 64.7 Å². The van der Waals surface area contributed by atoms with E-state index in [4.69, 9.17) is 10.5 Å². The van der Waals surface area contributed by atoms with E-state index in [-0.39, 0.29) is 0 Å². The van der Waals surface area contributed by atoms with Gasteiger partial charge in [0, 0.05) is 16.2 Å². The lowest BCUT2D eigenvalue weighted by Crippen LogP contribution is -1.80. The highest BCUT2D eigenvalue weighted by molar-refractivity contribution is 9.08. The molecule has 0 atom stereocenters. The SMILES string of the molecule is Cc1ccc(C#N)cc1.N#Cc1ccc(CBr)cc1.O=Cc1ccc(CBr)cc1. The maximum atomic E-state index is 10.2. The molecule has 3 nitrogen and oxygen atoms in total. The molecular formula is C24H20Br2N2O. The van der Waals surface area contributed by atoms with Crippen LogP contribution in [0.2, 0.25) is 0 Å². The number of carbonyl (C=O) groups excluding carboxylic acids is 1. The first-order valence-corrected chi connectivity index (χ1v) is 10.9. The molecule has 29 heavy (non-hydrogen) atoms. The third kappa shape index (κ3) is 9.85. The maximum absolute atomic E-state index is 10.2. The predicted octanol–water partition coefficient (Wildman–Crippen LogP) is 6.71. The summed E-state index contributed by atoms with van der Waals surface area (Å²) in [6.45, 7) is 2.00. The molecule has 146 valence electrons. The highest BCUT2D eigenvalue weighted by Gasteiger charge is 1.90. The number of alkyl halides is 2. The molecule has 0 unspecified atom stereocenters. The van der Waals surface area contributed by atoms with Gasteiger partial charge in [-0.1, -0.05) is 86.0 Å². The molecule has 0 radical (unpaired) electrons. The molecular weight excluding hydrogens is 492 g/mol. The summed E-state index contributed by atoms with van der Waals surface area (Å²) in [6, 6.07) is 26.6. The number of hydrogen-bond donors (Lipinski definition) is 0. The molecule has 3 rings (SSSR count). The van der Waals surface area contributed by atoms with E-state index in [9.17, 15) is 4.79 Å². The van der Waals surface area contributed by atoms with Crippen LogP contribution in [0.3, 0.4) is 0 Å². The zero-order valence-electron chi connectivity index (χ0n) is 16.0. The fourth-order valence-electron chi connectivity index (χ4n) is 1.98. The summed E-state index contributed by atoms with van der Waals surface area (Å²) >= 11 is 6.64. The number of hydrogen-bond acceptors (Lipinski definition) is 3. The second-order valence-electron chi connectivity index (χ2n) is 5.91. The van der Waals surface area contributed by atoms with Crippen LogP contribution in [-0.2, 0) is 10.7 Å². The summed E-state index contributed by atoms with van der Waals surface area (Å²) in [7, 11) is 0. The van der Waals surface area contributed by atoms with Gasteiger partial charge in [0.25, 0.3) is 0 Å². The Bertz CT molecular complexity index is 952. The number of carbonyl (C=O) groups is 1. The van der Waals surface area contributed by atoms with Crippen molar-refractivity contribution in [2.45, 2.75) is 17.6 Å². The van der Waals surface area contributed by atoms with E-state index in [1.54, 1.807) is 0 Å². The quantitative estimate of drug-likeness (QED) is 0.289. The Hall–Kier alpha value is -2.73. The van der Waals surface area contributed by atoms with E-state index in [2.05, 4.69) is 44.0 Å². The van der Waals surface area contributed by atoms with Crippen LogP contribution >= 0.6 is 31.9 Å². The van der Waals surface area contributed by atoms with Gasteiger partial charge in [0.15, 0.2) is 0 Å². The summed E-state index contributed by atoms with van der Waals surface area (Å²) in [5.74, 6) is 0. The standard InChI is InChI=1S/C8H6BrN.C8H7BrO.C8H7N/c2*9-5-7-1-3-8(6-10)4-2-7;1-7-2-4-8(6-9)5-3-7/h1-4H,5H2;1-4,6H,5H2;2-5H,1H3. The average molecular weight is 512 g/mol. The normalized spacial score (nSPS) is 8.86. The number of nitrogens with zero attached hydrogens (tertiary/aromatic N) is 2. The molecule has 5 heteroatoms. The van der Waals surface area contributed by atoms with E-state index >= 15 is 0 Å². The number of nitriles is 2. The Balaban J connectivity index is 0.000000218. The molecule has 0 heterocycles. The Labute approximate surface area is 188 Å². The average Bonchev–Trinajstić information content (AvgIpc) is 2.80. The molecule has 0 aliphatic rings. The van der Waals surface area contributed by atoms with Gasteiger partial charge in [-0.3, -0.25) is 4.79 Å². The largest absolute Gasteiger partial charge is 0.298 e. The summed E-state index contributed by atoms with van der Waals surface area (Å²) in [5, 5.41) is 18.5. The molecule has 0 amide bonds. The number of halogens is 2. The van der Waals surface area contributed by atoms with Crippen LogP contribution in [0.5, 0.6) is 0 Å². The highest BCUT2D eigenvalue weighted by Crippen LogP contribution is 2.07. The van der Waals surface area contributed by atoms with Gasteiger partial charge >= 0.3 is 0 Å². The fourth-order valence-corrected chi connectivity index (χ4v) is 2.73.